The fourth-order valence-electron chi connectivity index (χ4n) is 4.75. The third-order valence-electron chi connectivity index (χ3n) is 6.74. The Labute approximate surface area is 219 Å². The van der Waals surface area contributed by atoms with Crippen molar-refractivity contribution in [1.82, 2.24) is 25.0 Å². The molecule has 1 atom stereocenters. The van der Waals surface area contributed by atoms with Crippen LogP contribution in [0.3, 0.4) is 0 Å². The number of rotatable bonds is 7. The monoisotopic (exact) mass is 506 g/mol. The lowest BCUT2D eigenvalue weighted by molar-refractivity contribution is 0.102. The zero-order valence-corrected chi connectivity index (χ0v) is 20.9. The van der Waals surface area contributed by atoms with E-state index in [1.807, 2.05) is 30.5 Å². The van der Waals surface area contributed by atoms with Crippen LogP contribution in [0, 0.1) is 0 Å². The van der Waals surface area contributed by atoms with Crippen molar-refractivity contribution >= 4 is 22.6 Å². The minimum absolute atomic E-state index is 0.0544. The number of pyridine rings is 2. The quantitative estimate of drug-likeness (QED) is 0.318. The van der Waals surface area contributed by atoms with Crippen LogP contribution in [0.5, 0.6) is 5.75 Å². The van der Waals surface area contributed by atoms with Crippen molar-refractivity contribution in [2.24, 2.45) is 0 Å². The van der Waals surface area contributed by atoms with Crippen LogP contribution >= 0.6 is 0 Å². The zero-order valence-electron chi connectivity index (χ0n) is 20.9. The molecule has 9 nitrogen and oxygen atoms in total. The van der Waals surface area contributed by atoms with Crippen molar-refractivity contribution in [2.75, 3.05) is 19.0 Å². The fraction of sp³-hybridized carbons (Fsp3) is 0.207. The predicted molar refractivity (Wildman–Crippen MR) is 143 cm³/mol. The number of carbonyl (C=O) groups is 1. The van der Waals surface area contributed by atoms with Gasteiger partial charge in [-0.3, -0.25) is 14.7 Å². The van der Waals surface area contributed by atoms with E-state index in [1.54, 1.807) is 43.6 Å². The van der Waals surface area contributed by atoms with Crippen LogP contribution in [0.2, 0.25) is 0 Å². The van der Waals surface area contributed by atoms with Gasteiger partial charge in [0.05, 0.1) is 18.7 Å². The number of hydrogen-bond acceptors (Lipinski definition) is 8. The molecule has 0 aliphatic carbocycles. The number of benzene rings is 2. The number of methoxy groups -OCH3 is 1. The molecule has 190 valence electrons. The number of nitrogens with one attached hydrogen (secondary N) is 1. The van der Waals surface area contributed by atoms with Gasteiger partial charge in [-0.25, -0.2) is 4.98 Å². The summed E-state index contributed by atoms with van der Waals surface area (Å²) in [5.41, 5.74) is 3.38. The second-order valence-corrected chi connectivity index (χ2v) is 9.24. The van der Waals surface area contributed by atoms with Gasteiger partial charge in [0.2, 0.25) is 11.7 Å². The van der Waals surface area contributed by atoms with E-state index in [-0.39, 0.29) is 11.9 Å². The summed E-state index contributed by atoms with van der Waals surface area (Å²) < 4.78 is 10.8. The van der Waals surface area contributed by atoms with Crippen LogP contribution in [-0.4, -0.2) is 44.6 Å². The van der Waals surface area contributed by atoms with Gasteiger partial charge in [0, 0.05) is 35.5 Å². The molecule has 1 saturated heterocycles. The fourth-order valence-corrected chi connectivity index (χ4v) is 4.75. The third kappa shape index (κ3) is 4.96. The Morgan fingerprint density at radius 2 is 1.95 bits per heavy atom. The van der Waals surface area contributed by atoms with Crippen LogP contribution in [-0.2, 0) is 6.54 Å². The topological polar surface area (TPSA) is 106 Å². The highest BCUT2D eigenvalue weighted by molar-refractivity contribution is 6.03. The average Bonchev–Trinajstić information content (AvgIpc) is 3.63. The molecular formula is C29H26N6O3. The van der Waals surface area contributed by atoms with Gasteiger partial charge in [0.15, 0.2) is 0 Å². The number of amides is 1. The molecule has 38 heavy (non-hydrogen) atoms. The summed E-state index contributed by atoms with van der Waals surface area (Å²) in [5.74, 6) is 1.94. The number of likely N-dealkylation sites (tertiary alicyclic amines) is 1. The van der Waals surface area contributed by atoms with Gasteiger partial charge in [-0.05, 0) is 73.5 Å². The van der Waals surface area contributed by atoms with Gasteiger partial charge in [-0.15, -0.1) is 0 Å². The highest BCUT2D eigenvalue weighted by Crippen LogP contribution is 2.33. The highest BCUT2D eigenvalue weighted by atomic mass is 16.5. The Balaban J connectivity index is 1.12. The molecule has 1 aliphatic rings. The van der Waals surface area contributed by atoms with E-state index in [4.69, 9.17) is 9.26 Å². The molecule has 1 unspecified atom stereocenters. The van der Waals surface area contributed by atoms with Gasteiger partial charge in [0.25, 0.3) is 5.91 Å². The summed E-state index contributed by atoms with van der Waals surface area (Å²) in [6, 6.07) is 20.8. The molecule has 0 saturated carbocycles. The maximum absolute atomic E-state index is 12.5. The van der Waals surface area contributed by atoms with Crippen LogP contribution < -0.4 is 10.1 Å². The molecule has 9 heteroatoms. The Morgan fingerprint density at radius 3 is 2.76 bits per heavy atom. The molecule has 0 spiro atoms. The van der Waals surface area contributed by atoms with Crippen molar-refractivity contribution < 1.29 is 14.1 Å². The first-order valence-corrected chi connectivity index (χ1v) is 12.5. The first-order valence-electron chi connectivity index (χ1n) is 12.5. The molecule has 1 aliphatic heterocycles. The van der Waals surface area contributed by atoms with Gasteiger partial charge >= 0.3 is 0 Å². The molecule has 5 aromatic rings. The third-order valence-corrected chi connectivity index (χ3v) is 6.74. The van der Waals surface area contributed by atoms with E-state index < -0.39 is 0 Å². The molecule has 2 aromatic carbocycles. The summed E-state index contributed by atoms with van der Waals surface area (Å²) in [4.78, 5) is 28.5. The van der Waals surface area contributed by atoms with Gasteiger partial charge in [-0.2, -0.15) is 4.98 Å². The number of hydrogen-bond donors (Lipinski definition) is 1. The molecule has 6 rings (SSSR count). The molecule has 1 N–H and O–H groups in total. The van der Waals surface area contributed by atoms with Crippen molar-refractivity contribution in [3.05, 3.63) is 96.1 Å². The van der Waals surface area contributed by atoms with Crippen molar-refractivity contribution in [2.45, 2.75) is 25.4 Å². The number of fused-ring (bicyclic) bond motifs is 1. The minimum Gasteiger partial charge on any atom is -0.497 e. The highest BCUT2D eigenvalue weighted by Gasteiger charge is 2.31. The van der Waals surface area contributed by atoms with E-state index in [0.29, 0.717) is 34.4 Å². The number of nitrogens with zero attached hydrogens (tertiary/aromatic N) is 5. The van der Waals surface area contributed by atoms with Crippen LogP contribution in [0.25, 0.3) is 22.3 Å². The second kappa shape index (κ2) is 10.4. The minimum atomic E-state index is -0.252. The van der Waals surface area contributed by atoms with Crippen LogP contribution in [0.1, 0.15) is 40.7 Å². The number of aromatic nitrogens is 4. The predicted octanol–water partition coefficient (Wildman–Crippen LogP) is 5.28. The molecule has 0 bridgehead atoms. The molecule has 0 radical (unpaired) electrons. The maximum atomic E-state index is 12.5. The SMILES string of the molecule is COc1ccc(C(=O)Nc2ccc(-c3noc(C4CCCN4Cc4cnc5ccccc5c4)n3)cn2)cc1. The van der Waals surface area contributed by atoms with Crippen molar-refractivity contribution in [3.63, 3.8) is 0 Å². The molecule has 4 heterocycles. The van der Waals surface area contributed by atoms with Crippen LogP contribution in [0.15, 0.2) is 83.6 Å². The normalized spacial score (nSPS) is 15.6. The smallest absolute Gasteiger partial charge is 0.256 e. The van der Waals surface area contributed by atoms with Gasteiger partial charge < -0.3 is 14.6 Å². The van der Waals surface area contributed by atoms with E-state index >= 15 is 0 Å². The van der Waals surface area contributed by atoms with E-state index in [9.17, 15) is 4.79 Å². The van der Waals surface area contributed by atoms with Crippen LogP contribution in [0.4, 0.5) is 5.82 Å². The Hall–Kier alpha value is -4.63. The number of ether oxygens (including phenoxy) is 1. The van der Waals surface area contributed by atoms with Crippen molar-refractivity contribution in [3.8, 4) is 17.1 Å². The molecule has 1 fully saturated rings. The Morgan fingerprint density at radius 1 is 1.08 bits per heavy atom. The lowest BCUT2D eigenvalue weighted by Crippen LogP contribution is -2.23. The summed E-state index contributed by atoms with van der Waals surface area (Å²) in [6.07, 6.45) is 5.59. The molecule has 1 amide bonds. The molecule has 3 aromatic heterocycles. The first-order chi connectivity index (χ1) is 18.7. The maximum Gasteiger partial charge on any atom is 0.256 e. The van der Waals surface area contributed by atoms with Gasteiger partial charge in [0.1, 0.15) is 11.6 Å². The lowest BCUT2D eigenvalue weighted by Gasteiger charge is -2.21. The van der Waals surface area contributed by atoms with E-state index in [1.165, 1.54) is 0 Å². The summed E-state index contributed by atoms with van der Waals surface area (Å²) in [7, 11) is 1.58. The summed E-state index contributed by atoms with van der Waals surface area (Å²) >= 11 is 0. The van der Waals surface area contributed by atoms with E-state index in [0.717, 1.165) is 42.4 Å². The Kier molecular flexibility index (Phi) is 6.49. The van der Waals surface area contributed by atoms with Crippen molar-refractivity contribution in [1.29, 1.82) is 0 Å². The first kappa shape index (κ1) is 23.7. The van der Waals surface area contributed by atoms with E-state index in [2.05, 4.69) is 42.5 Å². The Bertz CT molecular complexity index is 1570. The number of carbonyl (C=O) groups excluding carboxylic acids is 1. The average molecular weight is 507 g/mol. The largest absolute Gasteiger partial charge is 0.497 e. The molecular weight excluding hydrogens is 480 g/mol. The lowest BCUT2D eigenvalue weighted by atomic mass is 10.1. The van der Waals surface area contributed by atoms with Gasteiger partial charge in [-0.1, -0.05) is 23.4 Å². The number of para-hydroxylation sites is 1. The standard InChI is InChI=1S/C29H26N6O3/c1-37-23-11-8-20(9-12-23)28(36)32-26-13-10-22(17-31-26)27-33-29(38-34-27)25-7-4-14-35(25)18-19-15-21-5-2-3-6-24(21)30-16-19/h2-3,5-6,8-13,15-17,25H,4,7,14,18H2,1H3,(H,31,32,36). The zero-order chi connectivity index (χ0) is 25.9. The summed E-state index contributed by atoms with van der Waals surface area (Å²) in [6.45, 7) is 1.73. The summed E-state index contributed by atoms with van der Waals surface area (Å²) in [5, 5.41) is 8.14. The second-order valence-electron chi connectivity index (χ2n) is 9.24. The number of anilines is 1.